The molecule has 0 aromatic heterocycles. The molecule has 0 aliphatic rings. The van der Waals surface area contributed by atoms with E-state index in [-0.39, 0.29) is 28.9 Å². The molecule has 0 amide bonds. The van der Waals surface area contributed by atoms with Gasteiger partial charge in [-0.25, -0.2) is 0 Å². The normalized spacial score (nSPS) is 16.3. The minimum absolute atomic E-state index is 0.212. The zero-order valence-corrected chi connectivity index (χ0v) is 24.2. The van der Waals surface area contributed by atoms with Crippen LogP contribution in [0.1, 0.15) is 55.4 Å². The van der Waals surface area contributed by atoms with Crippen molar-refractivity contribution in [2.45, 2.75) is 94.6 Å². The van der Waals surface area contributed by atoms with Crippen LogP contribution < -0.4 is 0 Å². The van der Waals surface area contributed by atoms with Gasteiger partial charge in [-0.2, -0.15) is 0 Å². The molecule has 26 heavy (non-hydrogen) atoms. The van der Waals surface area contributed by atoms with E-state index in [1.807, 2.05) is 4.94 Å². The Morgan fingerprint density at radius 1 is 0.769 bits per heavy atom. The Hall–Kier alpha value is 1.87. The average Bonchev–Trinajstić information content (AvgIpc) is 2.30. The fourth-order valence-electron chi connectivity index (χ4n) is 2.22. The number of hydrogen-bond acceptors (Lipinski definition) is 6. The number of hydrogen-bond donors (Lipinski definition) is 0. The van der Waals surface area contributed by atoms with E-state index in [0.717, 1.165) is 0 Å². The quantitative estimate of drug-likeness (QED) is 0.174. The van der Waals surface area contributed by atoms with Gasteiger partial charge in [-0.3, -0.25) is 0 Å². The molecule has 0 heterocycles. The molecule has 0 bridgehead atoms. The van der Waals surface area contributed by atoms with E-state index in [4.69, 9.17) is 27.0 Å². The topological polar surface area (TPSA) is 71.1 Å². The molecule has 0 rings (SSSR count). The maximum absolute atomic E-state index is 13.8. The van der Waals surface area contributed by atoms with Gasteiger partial charge in [0.2, 0.25) is 0 Å². The molecule has 0 N–H and O–H groups in total. The Morgan fingerprint density at radius 3 is 1.15 bits per heavy atom. The molecule has 0 radical (unpaired) electrons. The van der Waals surface area contributed by atoms with Gasteiger partial charge in [-0.1, -0.05) is 0 Å². The molecule has 0 aliphatic heterocycles. The summed E-state index contributed by atoms with van der Waals surface area (Å²) in [5.74, 6) is 0. The predicted molar refractivity (Wildman–Crippen MR) is 115 cm³/mol. The Morgan fingerprint density at radius 2 is 1.00 bits per heavy atom. The Bertz CT molecular complexity index is 459. The molecular weight excluding hydrogens is 572 g/mol. The van der Waals surface area contributed by atoms with Crippen molar-refractivity contribution in [2.75, 3.05) is 0 Å². The molecule has 1 unspecified atom stereocenters. The number of halogens is 2. The monoisotopic (exact) mass is 606 g/mol. The van der Waals surface area contributed by atoms with Crippen LogP contribution in [0.3, 0.4) is 0 Å². The van der Waals surface area contributed by atoms with Gasteiger partial charge in [0, 0.05) is 0 Å². The molecule has 0 saturated carbocycles. The van der Waals surface area contributed by atoms with Crippen LogP contribution in [0.15, 0.2) is 0 Å². The van der Waals surface area contributed by atoms with E-state index in [2.05, 4.69) is 12.7 Å². The second-order valence-corrected chi connectivity index (χ2v) is 39.8. The van der Waals surface area contributed by atoms with Crippen molar-refractivity contribution in [3.8, 4) is 0 Å². The van der Waals surface area contributed by atoms with E-state index in [1.54, 1.807) is 55.4 Å². The van der Waals surface area contributed by atoms with Crippen LogP contribution >= 0.6 is 36.8 Å². The summed E-state index contributed by atoms with van der Waals surface area (Å²) in [5, 5.41) is -1.08. The van der Waals surface area contributed by atoms with Gasteiger partial charge in [0.15, 0.2) is 0 Å². The molecular formula is C15H34BrClO6P2Sn. The first-order valence-electron chi connectivity index (χ1n) is 8.81. The second-order valence-electron chi connectivity index (χ2n) is 7.45. The maximum atomic E-state index is 13.8. The summed E-state index contributed by atoms with van der Waals surface area (Å²) in [6.45, 7) is 14.0. The fourth-order valence-corrected chi connectivity index (χ4v) is 26.3. The van der Waals surface area contributed by atoms with Crippen LogP contribution in [0.25, 0.3) is 0 Å². The molecule has 0 aromatic rings. The van der Waals surface area contributed by atoms with E-state index in [0.29, 0.717) is 0 Å². The van der Waals surface area contributed by atoms with Crippen molar-refractivity contribution in [1.82, 2.24) is 0 Å². The summed E-state index contributed by atoms with van der Waals surface area (Å²) in [7, 11) is -1.15. The first-order chi connectivity index (χ1) is 11.5. The van der Waals surface area contributed by atoms with Crippen LogP contribution in [0.4, 0.5) is 0 Å². The third-order valence-electron chi connectivity index (χ3n) is 2.70. The Balaban J connectivity index is 6.34. The molecule has 0 saturated heterocycles. The van der Waals surface area contributed by atoms with Crippen molar-refractivity contribution >= 4 is 51.8 Å². The van der Waals surface area contributed by atoms with Gasteiger partial charge in [-0.15, -0.1) is 0 Å². The standard InChI is InChI=1S/C14H31O6P2.CH3.BrH.ClH.Sn/c1-10(2)17-21(15,18-11(3)4)14(9)22(16,19-12(5)6)20-13(7)8;;;;/h10-14H,9H2,1-8H3;1H3;2*1H;/q;;;;+2/p-2. The minimum atomic E-state index is -3.85. The summed E-state index contributed by atoms with van der Waals surface area (Å²) < 4.78 is 50.7. The van der Waals surface area contributed by atoms with E-state index >= 15 is 0 Å². The molecule has 0 fully saturated rings. The summed E-state index contributed by atoms with van der Waals surface area (Å²) in [4.78, 5) is 1.88. The molecule has 158 valence electrons. The number of rotatable bonds is 12. The predicted octanol–water partition coefficient (Wildman–Crippen LogP) is 7.10. The zero-order chi connectivity index (χ0) is 20.9. The van der Waals surface area contributed by atoms with E-state index in [1.165, 1.54) is 0 Å². The van der Waals surface area contributed by atoms with Crippen molar-refractivity contribution < 1.29 is 27.2 Å². The van der Waals surface area contributed by atoms with Crippen molar-refractivity contribution in [1.29, 1.82) is 0 Å². The van der Waals surface area contributed by atoms with Crippen LogP contribution in [0, 0.1) is 0 Å². The Labute approximate surface area is 172 Å². The van der Waals surface area contributed by atoms with E-state index < -0.39 is 35.6 Å². The summed E-state index contributed by atoms with van der Waals surface area (Å²) in [6.07, 6.45) is -1.55. The van der Waals surface area contributed by atoms with Gasteiger partial charge in [-0.05, 0) is 0 Å². The second kappa shape index (κ2) is 11.3. The molecule has 0 aromatic carbocycles. The van der Waals surface area contributed by atoms with Crippen LogP contribution in [-0.4, -0.2) is 44.8 Å². The summed E-state index contributed by atoms with van der Waals surface area (Å²) in [6, 6.07) is 0. The molecule has 11 heteroatoms. The average molecular weight is 606 g/mol. The van der Waals surface area contributed by atoms with Gasteiger partial charge in [0.1, 0.15) is 0 Å². The van der Waals surface area contributed by atoms with Gasteiger partial charge >= 0.3 is 174 Å². The fraction of sp³-hybridized carbons (Fsp3) is 1.00. The summed E-state index contributed by atoms with van der Waals surface area (Å²) in [5.41, 5.74) is 0. The zero-order valence-electron chi connectivity index (χ0n) is 17.2. The first kappa shape index (κ1) is 27.9. The van der Waals surface area contributed by atoms with Gasteiger partial charge < -0.3 is 0 Å². The van der Waals surface area contributed by atoms with E-state index in [9.17, 15) is 9.13 Å². The van der Waals surface area contributed by atoms with Crippen LogP contribution in [0.5, 0.6) is 0 Å². The third-order valence-corrected chi connectivity index (χ3v) is 17.5. The van der Waals surface area contributed by atoms with Crippen molar-refractivity contribution in [2.24, 2.45) is 0 Å². The van der Waals surface area contributed by atoms with Gasteiger partial charge in [0.25, 0.3) is 0 Å². The molecule has 0 spiro atoms. The van der Waals surface area contributed by atoms with Crippen molar-refractivity contribution in [3.63, 3.8) is 0 Å². The molecule has 0 aliphatic carbocycles. The van der Waals surface area contributed by atoms with Crippen LogP contribution in [0.2, 0.25) is 9.38 Å². The summed E-state index contributed by atoms with van der Waals surface area (Å²) >= 11 is 0.234. The Kier molecular flexibility index (Phi) is 12.1. The first-order valence-corrected chi connectivity index (χ1v) is 26.9. The van der Waals surface area contributed by atoms with Crippen LogP contribution in [-0.2, 0) is 27.2 Å². The third kappa shape index (κ3) is 10.6. The molecule has 1 atom stereocenters. The van der Waals surface area contributed by atoms with Gasteiger partial charge in [0.05, 0.1) is 0 Å². The van der Waals surface area contributed by atoms with Crippen molar-refractivity contribution in [3.05, 3.63) is 0 Å². The molecule has 6 nitrogen and oxygen atoms in total. The SMILES string of the molecule is CC(C)OP(=O)(OC(C)C)C([CH2][Sn]([CH3])([Cl])[Br])P(=O)(OC(C)C)OC(C)C.